The van der Waals surface area contributed by atoms with Crippen molar-refractivity contribution in [2.24, 2.45) is 5.73 Å². The van der Waals surface area contributed by atoms with E-state index in [0.717, 1.165) is 51.6 Å². The number of carbonyl (C=O) groups excluding carboxylic acids is 2. The lowest BCUT2D eigenvalue weighted by Gasteiger charge is -2.18. The van der Waals surface area contributed by atoms with Crippen molar-refractivity contribution in [3.05, 3.63) is 0 Å². The monoisotopic (exact) mass is 256 g/mol. The zero-order valence-corrected chi connectivity index (χ0v) is 11.9. The van der Waals surface area contributed by atoms with Crippen LogP contribution < -0.4 is 5.73 Å². The van der Waals surface area contributed by atoms with E-state index in [1.54, 1.807) is 0 Å². The molecule has 106 valence electrons. The molecule has 0 heterocycles. The predicted octanol–water partition coefficient (Wildman–Crippen LogP) is 2.46. The molecule has 2 amide bonds. The van der Waals surface area contributed by atoms with Crippen LogP contribution in [0.5, 0.6) is 0 Å². The van der Waals surface area contributed by atoms with E-state index in [9.17, 15) is 9.59 Å². The molecule has 2 N–H and O–H groups in total. The summed E-state index contributed by atoms with van der Waals surface area (Å²) < 4.78 is 0. The molecule has 0 aromatic heterocycles. The Morgan fingerprint density at radius 3 is 1.72 bits per heavy atom. The topological polar surface area (TPSA) is 63.4 Å². The summed E-state index contributed by atoms with van der Waals surface area (Å²) in [6.07, 6.45) is 7.48. The first-order chi connectivity index (χ1) is 8.61. The first kappa shape index (κ1) is 16.9. The number of nitrogens with zero attached hydrogens (tertiary/aromatic N) is 1. The summed E-state index contributed by atoms with van der Waals surface area (Å²) >= 11 is 0. The Kier molecular flexibility index (Phi) is 10.4. The van der Waals surface area contributed by atoms with Crippen molar-refractivity contribution in [2.45, 2.75) is 65.2 Å². The zero-order chi connectivity index (χ0) is 13.8. The minimum absolute atomic E-state index is 0.209. The number of unbranched alkanes of at least 4 members (excludes halogenated alkanes) is 5. The maximum atomic E-state index is 11.7. The molecule has 0 unspecified atom stereocenters. The van der Waals surface area contributed by atoms with Gasteiger partial charge in [-0.1, -0.05) is 25.7 Å². The van der Waals surface area contributed by atoms with Gasteiger partial charge in [-0.25, -0.2) is 0 Å². The van der Waals surface area contributed by atoms with E-state index in [0.29, 0.717) is 12.8 Å². The third-order valence-corrected chi connectivity index (χ3v) is 3.18. The molecule has 0 fully saturated rings. The summed E-state index contributed by atoms with van der Waals surface area (Å²) in [4.78, 5) is 24.1. The predicted molar refractivity (Wildman–Crippen MR) is 74.1 cm³/mol. The highest BCUT2D eigenvalue weighted by Gasteiger charge is 2.07. The molecule has 0 aromatic carbocycles. The number of hydrogen-bond donors (Lipinski definition) is 1. The Morgan fingerprint density at radius 1 is 0.833 bits per heavy atom. The Hall–Kier alpha value is -1.06. The molecule has 0 atom stereocenters. The molecule has 0 saturated carbocycles. The van der Waals surface area contributed by atoms with Crippen LogP contribution in [0.3, 0.4) is 0 Å². The maximum absolute atomic E-state index is 11.7. The molecule has 0 spiro atoms. The summed E-state index contributed by atoms with van der Waals surface area (Å²) in [7, 11) is 0. The molecule has 0 radical (unpaired) electrons. The van der Waals surface area contributed by atoms with Gasteiger partial charge in [-0.2, -0.15) is 0 Å². The fourth-order valence-corrected chi connectivity index (χ4v) is 2.02. The number of amides is 2. The van der Waals surface area contributed by atoms with Crippen molar-refractivity contribution in [2.75, 3.05) is 13.1 Å². The molecule has 0 aliphatic rings. The summed E-state index contributed by atoms with van der Waals surface area (Å²) in [5, 5.41) is 0. The molecule has 4 heteroatoms. The zero-order valence-electron chi connectivity index (χ0n) is 11.9. The fourth-order valence-electron chi connectivity index (χ4n) is 2.02. The highest BCUT2D eigenvalue weighted by molar-refractivity contribution is 5.76. The van der Waals surface area contributed by atoms with Gasteiger partial charge in [0.25, 0.3) is 0 Å². The lowest BCUT2D eigenvalue weighted by molar-refractivity contribution is -0.131. The maximum Gasteiger partial charge on any atom is 0.222 e. The Morgan fingerprint density at radius 2 is 1.28 bits per heavy atom. The average Bonchev–Trinajstić information content (AvgIpc) is 2.33. The van der Waals surface area contributed by atoms with Crippen LogP contribution in [0.15, 0.2) is 0 Å². The number of hydrogen-bond acceptors (Lipinski definition) is 2. The number of nitrogens with two attached hydrogens (primary N) is 1. The van der Waals surface area contributed by atoms with Gasteiger partial charge >= 0.3 is 0 Å². The molecule has 0 aliphatic carbocycles. The van der Waals surface area contributed by atoms with Gasteiger partial charge in [-0.05, 0) is 26.7 Å². The smallest absolute Gasteiger partial charge is 0.222 e. The summed E-state index contributed by atoms with van der Waals surface area (Å²) in [5.74, 6) is 0.0635. The Bertz CT molecular complexity index is 238. The first-order valence-electron chi connectivity index (χ1n) is 7.17. The van der Waals surface area contributed by atoms with E-state index >= 15 is 0 Å². The van der Waals surface area contributed by atoms with E-state index in [4.69, 9.17) is 5.73 Å². The summed E-state index contributed by atoms with van der Waals surface area (Å²) in [5.41, 5.74) is 5.06. The van der Waals surface area contributed by atoms with Crippen LogP contribution in [0.1, 0.15) is 65.2 Å². The quantitative estimate of drug-likeness (QED) is 0.577. The molecular formula is C14H28N2O2. The van der Waals surface area contributed by atoms with E-state index in [1.165, 1.54) is 0 Å². The highest BCUT2D eigenvalue weighted by Crippen LogP contribution is 2.09. The summed E-state index contributed by atoms with van der Waals surface area (Å²) in [6.45, 7) is 5.64. The minimum atomic E-state index is -0.209. The van der Waals surface area contributed by atoms with Crippen LogP contribution in [-0.2, 0) is 9.59 Å². The van der Waals surface area contributed by atoms with E-state index in [2.05, 4.69) is 0 Å². The Balaban J connectivity index is 3.35. The Labute approximate surface area is 111 Å². The van der Waals surface area contributed by atoms with Crippen LogP contribution in [0, 0.1) is 0 Å². The largest absolute Gasteiger partial charge is 0.370 e. The van der Waals surface area contributed by atoms with E-state index < -0.39 is 0 Å². The second-order valence-electron chi connectivity index (χ2n) is 4.65. The van der Waals surface area contributed by atoms with Crippen LogP contribution in [-0.4, -0.2) is 29.8 Å². The molecule has 0 saturated heterocycles. The third-order valence-electron chi connectivity index (χ3n) is 3.18. The number of rotatable bonds is 11. The molecule has 4 nitrogen and oxygen atoms in total. The number of carbonyl (C=O) groups is 2. The van der Waals surface area contributed by atoms with Gasteiger partial charge < -0.3 is 10.6 Å². The van der Waals surface area contributed by atoms with Gasteiger partial charge in [0, 0.05) is 25.9 Å². The second kappa shape index (κ2) is 11.1. The lowest BCUT2D eigenvalue weighted by atomic mass is 10.1. The second-order valence-corrected chi connectivity index (χ2v) is 4.65. The van der Waals surface area contributed by atoms with Crippen LogP contribution in [0.2, 0.25) is 0 Å². The molecule has 0 bridgehead atoms. The lowest BCUT2D eigenvalue weighted by Crippen LogP contribution is -2.30. The molecule has 0 rings (SSSR count). The van der Waals surface area contributed by atoms with Gasteiger partial charge in [0.1, 0.15) is 0 Å². The van der Waals surface area contributed by atoms with Crippen molar-refractivity contribution in [3.63, 3.8) is 0 Å². The van der Waals surface area contributed by atoms with Gasteiger partial charge in [-0.3, -0.25) is 9.59 Å². The van der Waals surface area contributed by atoms with E-state index in [-0.39, 0.29) is 11.8 Å². The van der Waals surface area contributed by atoms with Crippen molar-refractivity contribution in [3.8, 4) is 0 Å². The standard InChI is InChI=1S/C14H28N2O2/c1-3-16(4-2)14(18)12-10-8-6-5-7-9-11-13(15)17/h3-12H2,1-2H3,(H2,15,17). The van der Waals surface area contributed by atoms with Crippen LogP contribution in [0.25, 0.3) is 0 Å². The van der Waals surface area contributed by atoms with Gasteiger partial charge in [0.2, 0.25) is 11.8 Å². The van der Waals surface area contributed by atoms with Gasteiger partial charge in [0.05, 0.1) is 0 Å². The van der Waals surface area contributed by atoms with Crippen molar-refractivity contribution >= 4 is 11.8 Å². The van der Waals surface area contributed by atoms with Crippen molar-refractivity contribution in [1.82, 2.24) is 4.90 Å². The van der Waals surface area contributed by atoms with Crippen molar-refractivity contribution < 1.29 is 9.59 Å². The SMILES string of the molecule is CCN(CC)C(=O)CCCCCCCCC(N)=O. The molecule has 18 heavy (non-hydrogen) atoms. The first-order valence-corrected chi connectivity index (χ1v) is 7.17. The third kappa shape index (κ3) is 9.02. The summed E-state index contributed by atoms with van der Waals surface area (Å²) in [6, 6.07) is 0. The normalized spacial score (nSPS) is 10.3. The van der Waals surface area contributed by atoms with Crippen molar-refractivity contribution in [1.29, 1.82) is 0 Å². The van der Waals surface area contributed by atoms with Gasteiger partial charge in [0.15, 0.2) is 0 Å². The van der Waals surface area contributed by atoms with E-state index in [1.807, 2.05) is 18.7 Å². The average molecular weight is 256 g/mol. The fraction of sp³-hybridized carbons (Fsp3) is 0.857. The van der Waals surface area contributed by atoms with Crippen LogP contribution >= 0.6 is 0 Å². The molecule has 0 aliphatic heterocycles. The van der Waals surface area contributed by atoms with Crippen LogP contribution in [0.4, 0.5) is 0 Å². The number of primary amides is 1. The molecular weight excluding hydrogens is 228 g/mol. The molecule has 0 aromatic rings. The van der Waals surface area contributed by atoms with Gasteiger partial charge in [-0.15, -0.1) is 0 Å². The highest BCUT2D eigenvalue weighted by atomic mass is 16.2. The minimum Gasteiger partial charge on any atom is -0.370 e.